The fraction of sp³-hybridized carbons (Fsp3) is 0.545. The Morgan fingerprint density at radius 1 is 1.47 bits per heavy atom. The summed E-state index contributed by atoms with van der Waals surface area (Å²) in [5, 5.41) is 3.17. The van der Waals surface area contributed by atoms with Gasteiger partial charge in [-0.15, -0.1) is 0 Å². The van der Waals surface area contributed by atoms with Gasteiger partial charge in [0.15, 0.2) is 0 Å². The Kier molecular flexibility index (Phi) is 5.65. The fourth-order valence-corrected chi connectivity index (χ4v) is 1.99. The molecule has 0 amide bonds. The lowest BCUT2D eigenvalue weighted by Crippen LogP contribution is -2.31. The monoisotopic (exact) mass is 271 g/mol. The highest BCUT2D eigenvalue weighted by atomic mass is 79.9. The molecule has 0 unspecified atom stereocenters. The van der Waals surface area contributed by atoms with Gasteiger partial charge in [-0.25, -0.2) is 0 Å². The van der Waals surface area contributed by atoms with Crippen LogP contribution in [-0.4, -0.2) is 31.7 Å². The summed E-state index contributed by atoms with van der Waals surface area (Å²) in [6, 6.07) is 2.05. The molecule has 0 saturated heterocycles. The summed E-state index contributed by atoms with van der Waals surface area (Å²) in [6.07, 6.45) is 4.83. The van der Waals surface area contributed by atoms with Crippen LogP contribution in [0.4, 0.5) is 5.69 Å². The van der Waals surface area contributed by atoms with Gasteiger partial charge in [0, 0.05) is 32.0 Å². The van der Waals surface area contributed by atoms with E-state index in [4.69, 9.17) is 0 Å². The zero-order valence-corrected chi connectivity index (χ0v) is 10.9. The average molecular weight is 272 g/mol. The van der Waals surface area contributed by atoms with Crippen LogP contribution in [0.3, 0.4) is 0 Å². The van der Waals surface area contributed by atoms with Crippen molar-refractivity contribution in [2.24, 2.45) is 0 Å². The number of rotatable bonds is 6. The van der Waals surface area contributed by atoms with Crippen LogP contribution in [0.2, 0.25) is 0 Å². The first-order chi connectivity index (χ1) is 7.29. The minimum Gasteiger partial charge on any atom is -0.369 e. The van der Waals surface area contributed by atoms with Crippen LogP contribution in [-0.2, 0) is 0 Å². The molecule has 0 aliphatic carbocycles. The smallest absolute Gasteiger partial charge is 0.0592 e. The lowest BCUT2D eigenvalue weighted by atomic mass is 10.3. The van der Waals surface area contributed by atoms with Crippen molar-refractivity contribution in [2.45, 2.75) is 13.3 Å². The van der Waals surface area contributed by atoms with E-state index >= 15 is 0 Å². The molecule has 0 aromatic carbocycles. The number of nitrogens with zero attached hydrogens (tertiary/aromatic N) is 2. The van der Waals surface area contributed by atoms with Crippen molar-refractivity contribution in [3.8, 4) is 0 Å². The Morgan fingerprint density at radius 2 is 2.27 bits per heavy atom. The van der Waals surface area contributed by atoms with E-state index in [1.807, 2.05) is 19.4 Å². The molecule has 0 bridgehead atoms. The fourth-order valence-electron chi connectivity index (χ4n) is 1.49. The SMILES string of the molecule is CCCN(CCNC)c1ccncc1Br. The Bertz CT molecular complexity index is 291. The van der Waals surface area contributed by atoms with Gasteiger partial charge < -0.3 is 10.2 Å². The second-order valence-corrected chi connectivity index (χ2v) is 4.27. The van der Waals surface area contributed by atoms with Crippen LogP contribution in [0.15, 0.2) is 22.9 Å². The molecule has 1 heterocycles. The number of hydrogen-bond donors (Lipinski definition) is 1. The topological polar surface area (TPSA) is 28.2 Å². The highest BCUT2D eigenvalue weighted by molar-refractivity contribution is 9.10. The maximum absolute atomic E-state index is 4.08. The van der Waals surface area contributed by atoms with Crippen molar-refractivity contribution in [3.05, 3.63) is 22.9 Å². The Hall–Kier alpha value is -0.610. The van der Waals surface area contributed by atoms with E-state index in [2.05, 4.69) is 44.1 Å². The molecule has 0 aliphatic rings. The van der Waals surface area contributed by atoms with Crippen molar-refractivity contribution in [2.75, 3.05) is 31.6 Å². The zero-order valence-electron chi connectivity index (χ0n) is 9.33. The Balaban J connectivity index is 2.74. The largest absolute Gasteiger partial charge is 0.369 e. The number of anilines is 1. The van der Waals surface area contributed by atoms with E-state index in [0.29, 0.717) is 0 Å². The van der Waals surface area contributed by atoms with Crippen molar-refractivity contribution < 1.29 is 0 Å². The molecule has 1 rings (SSSR count). The Labute approximate surface area is 100 Å². The van der Waals surface area contributed by atoms with E-state index in [9.17, 15) is 0 Å². The first kappa shape index (κ1) is 12.5. The van der Waals surface area contributed by atoms with Crippen LogP contribution < -0.4 is 10.2 Å². The summed E-state index contributed by atoms with van der Waals surface area (Å²) in [5.74, 6) is 0. The van der Waals surface area contributed by atoms with Crippen molar-refractivity contribution in [3.63, 3.8) is 0 Å². The number of nitrogens with one attached hydrogen (secondary N) is 1. The third-order valence-corrected chi connectivity index (χ3v) is 2.83. The van der Waals surface area contributed by atoms with Crippen LogP contribution in [0.25, 0.3) is 0 Å². The van der Waals surface area contributed by atoms with Crippen LogP contribution in [0.1, 0.15) is 13.3 Å². The summed E-state index contributed by atoms with van der Waals surface area (Å²) in [7, 11) is 1.98. The molecule has 3 nitrogen and oxygen atoms in total. The molecular weight excluding hydrogens is 254 g/mol. The van der Waals surface area contributed by atoms with Crippen LogP contribution >= 0.6 is 15.9 Å². The molecule has 0 fully saturated rings. The quantitative estimate of drug-likeness (QED) is 0.861. The molecule has 0 radical (unpaired) electrons. The molecule has 15 heavy (non-hydrogen) atoms. The van der Waals surface area contributed by atoms with E-state index < -0.39 is 0 Å². The van der Waals surface area contributed by atoms with Crippen molar-refractivity contribution in [1.29, 1.82) is 0 Å². The Morgan fingerprint density at radius 3 is 2.87 bits per heavy atom. The summed E-state index contributed by atoms with van der Waals surface area (Å²) in [4.78, 5) is 6.44. The molecule has 1 aromatic rings. The second kappa shape index (κ2) is 6.80. The highest BCUT2D eigenvalue weighted by Gasteiger charge is 2.07. The zero-order chi connectivity index (χ0) is 11.1. The number of pyridine rings is 1. The first-order valence-corrected chi connectivity index (χ1v) is 6.08. The van der Waals surface area contributed by atoms with E-state index in [-0.39, 0.29) is 0 Å². The molecule has 0 spiro atoms. The van der Waals surface area contributed by atoms with E-state index in [0.717, 1.165) is 30.5 Å². The van der Waals surface area contributed by atoms with Gasteiger partial charge in [-0.3, -0.25) is 4.98 Å². The van der Waals surface area contributed by atoms with Gasteiger partial charge >= 0.3 is 0 Å². The van der Waals surface area contributed by atoms with E-state index in [1.165, 1.54) is 5.69 Å². The van der Waals surface area contributed by atoms with Gasteiger partial charge in [0.05, 0.1) is 10.2 Å². The molecule has 1 N–H and O–H groups in total. The van der Waals surface area contributed by atoms with E-state index in [1.54, 1.807) is 0 Å². The standard InChI is InChI=1S/C11H18BrN3/c1-3-7-15(8-6-13-2)11-4-5-14-9-10(11)12/h4-5,9,13H,3,6-8H2,1-2H3. The van der Waals surface area contributed by atoms with Gasteiger partial charge in [0.2, 0.25) is 0 Å². The average Bonchev–Trinajstić information content (AvgIpc) is 2.25. The van der Waals surface area contributed by atoms with Gasteiger partial charge in [-0.05, 0) is 35.5 Å². The van der Waals surface area contributed by atoms with Gasteiger partial charge in [0.25, 0.3) is 0 Å². The van der Waals surface area contributed by atoms with Crippen molar-refractivity contribution in [1.82, 2.24) is 10.3 Å². The van der Waals surface area contributed by atoms with Gasteiger partial charge in [-0.1, -0.05) is 6.92 Å². The third-order valence-electron chi connectivity index (χ3n) is 2.22. The lowest BCUT2D eigenvalue weighted by Gasteiger charge is -2.25. The molecule has 1 aromatic heterocycles. The minimum atomic E-state index is 0.995. The predicted octanol–water partition coefficient (Wildman–Crippen LogP) is 2.28. The summed E-state index contributed by atoms with van der Waals surface area (Å²) in [5.41, 5.74) is 1.22. The highest BCUT2D eigenvalue weighted by Crippen LogP contribution is 2.24. The van der Waals surface area contributed by atoms with Gasteiger partial charge in [-0.2, -0.15) is 0 Å². The minimum absolute atomic E-state index is 0.995. The molecule has 0 saturated carbocycles. The number of aromatic nitrogens is 1. The summed E-state index contributed by atoms with van der Waals surface area (Å²) < 4.78 is 1.06. The maximum atomic E-state index is 4.08. The molecule has 0 aliphatic heterocycles. The number of likely N-dealkylation sites (N-methyl/N-ethyl adjacent to an activating group) is 1. The normalized spacial score (nSPS) is 10.3. The van der Waals surface area contributed by atoms with Gasteiger partial charge in [0.1, 0.15) is 0 Å². The second-order valence-electron chi connectivity index (χ2n) is 3.42. The third kappa shape index (κ3) is 3.80. The van der Waals surface area contributed by atoms with Crippen LogP contribution in [0, 0.1) is 0 Å². The molecule has 4 heteroatoms. The number of halogens is 1. The summed E-state index contributed by atoms with van der Waals surface area (Å²) in [6.45, 7) is 5.29. The van der Waals surface area contributed by atoms with Crippen LogP contribution in [0.5, 0.6) is 0 Å². The predicted molar refractivity (Wildman–Crippen MR) is 68.4 cm³/mol. The molecule has 84 valence electrons. The lowest BCUT2D eigenvalue weighted by molar-refractivity contribution is 0.708. The molecule has 0 atom stereocenters. The van der Waals surface area contributed by atoms with Crippen molar-refractivity contribution >= 4 is 21.6 Å². The summed E-state index contributed by atoms with van der Waals surface area (Å²) >= 11 is 3.53. The maximum Gasteiger partial charge on any atom is 0.0592 e. The first-order valence-electron chi connectivity index (χ1n) is 5.28. The number of hydrogen-bond acceptors (Lipinski definition) is 3. The molecular formula is C11H18BrN3.